The zero-order valence-corrected chi connectivity index (χ0v) is 20.8. The molecule has 0 spiro atoms. The van der Waals surface area contributed by atoms with Gasteiger partial charge in [0, 0.05) is 12.1 Å². The lowest BCUT2D eigenvalue weighted by Gasteiger charge is -2.31. The van der Waals surface area contributed by atoms with E-state index in [0.29, 0.717) is 18.8 Å². The average molecular weight is 509 g/mol. The number of aliphatic hydroxyl groups is 1. The number of carbonyl (C=O) groups is 1. The number of phenols is 1. The minimum atomic E-state index is -3.59. The zero-order valence-electron chi connectivity index (χ0n) is 20.0. The van der Waals surface area contributed by atoms with E-state index in [-0.39, 0.29) is 29.8 Å². The van der Waals surface area contributed by atoms with Crippen molar-refractivity contribution >= 4 is 21.7 Å². The molecule has 0 radical (unpaired) electrons. The number of aliphatic hydroxyl groups excluding tert-OH is 1. The van der Waals surface area contributed by atoms with Gasteiger partial charge < -0.3 is 24.4 Å². The van der Waals surface area contributed by atoms with Crippen LogP contribution in [-0.2, 0) is 32.4 Å². The summed E-state index contributed by atoms with van der Waals surface area (Å²) < 4.78 is 41.6. The third kappa shape index (κ3) is 8.01. The van der Waals surface area contributed by atoms with E-state index in [0.717, 1.165) is 24.7 Å². The van der Waals surface area contributed by atoms with Crippen molar-refractivity contribution in [2.24, 2.45) is 0 Å². The van der Waals surface area contributed by atoms with Gasteiger partial charge in [-0.1, -0.05) is 6.07 Å². The van der Waals surface area contributed by atoms with Crippen molar-refractivity contribution in [2.75, 3.05) is 24.2 Å². The number of carbonyl (C=O) groups excluding carboxylic acids is 1. The van der Waals surface area contributed by atoms with Gasteiger partial charge in [-0.15, -0.1) is 0 Å². The summed E-state index contributed by atoms with van der Waals surface area (Å²) in [5.41, 5.74) is 2.25. The molecular formula is C24H32N2O8S. The molecule has 0 bridgehead atoms. The Morgan fingerprint density at radius 1 is 1.17 bits per heavy atom. The fourth-order valence-corrected chi connectivity index (χ4v) is 4.39. The standard InChI is InChI=1S/C24H32N2O8S/c1-4-32-23(29)14-33-19-8-6-16-5-7-18(11-17(16)12-19)25-24(15(2)27)34-20-9-10-22(28)21(13-20)26-35(3,30)31/h6,8-10,12-13,15,18,24-28H,4-5,7,11,14H2,1-3H3. The molecule has 3 rings (SSSR count). The van der Waals surface area contributed by atoms with Crippen LogP contribution in [0.4, 0.5) is 5.69 Å². The smallest absolute Gasteiger partial charge is 0.344 e. The predicted molar refractivity (Wildman–Crippen MR) is 130 cm³/mol. The summed E-state index contributed by atoms with van der Waals surface area (Å²) in [4.78, 5) is 11.6. The van der Waals surface area contributed by atoms with Crippen LogP contribution in [-0.4, -0.2) is 62.4 Å². The second-order valence-electron chi connectivity index (χ2n) is 8.46. The van der Waals surface area contributed by atoms with Crippen molar-refractivity contribution in [3.63, 3.8) is 0 Å². The molecular weight excluding hydrogens is 476 g/mol. The predicted octanol–water partition coefficient (Wildman–Crippen LogP) is 1.94. The number of nitrogens with one attached hydrogen (secondary N) is 2. The molecule has 0 saturated heterocycles. The molecule has 0 heterocycles. The van der Waals surface area contributed by atoms with Gasteiger partial charge in [0.05, 0.1) is 18.6 Å². The Labute approximate surface area is 205 Å². The van der Waals surface area contributed by atoms with E-state index < -0.39 is 28.3 Å². The first kappa shape index (κ1) is 26.6. The Kier molecular flexibility index (Phi) is 8.82. The number of aromatic hydroxyl groups is 1. The maximum atomic E-state index is 11.6. The first-order valence-corrected chi connectivity index (χ1v) is 13.2. The minimum Gasteiger partial charge on any atom is -0.506 e. The second kappa shape index (κ2) is 11.6. The SMILES string of the molecule is CCOC(=O)COc1ccc2c(c1)CC(NC(Oc1ccc(O)c(NS(C)(=O)=O)c1)C(C)O)CC2. The number of rotatable bonds is 11. The lowest BCUT2D eigenvalue weighted by molar-refractivity contribution is -0.145. The summed E-state index contributed by atoms with van der Waals surface area (Å²) in [6, 6.07) is 9.88. The Bertz CT molecular complexity index is 1140. The largest absolute Gasteiger partial charge is 0.506 e. The molecule has 2 aromatic carbocycles. The van der Waals surface area contributed by atoms with Crippen LogP contribution in [0, 0.1) is 0 Å². The molecule has 10 nitrogen and oxygen atoms in total. The van der Waals surface area contributed by atoms with E-state index in [2.05, 4.69) is 10.0 Å². The maximum Gasteiger partial charge on any atom is 0.344 e. The Morgan fingerprint density at radius 2 is 1.91 bits per heavy atom. The second-order valence-corrected chi connectivity index (χ2v) is 10.2. The van der Waals surface area contributed by atoms with Crippen LogP contribution in [0.1, 0.15) is 31.4 Å². The van der Waals surface area contributed by atoms with Crippen LogP contribution in [0.15, 0.2) is 36.4 Å². The molecule has 3 atom stereocenters. The summed E-state index contributed by atoms with van der Waals surface area (Å²) in [6.07, 6.45) is 1.62. The molecule has 2 aromatic rings. The Balaban J connectivity index is 1.66. The number of esters is 1. The molecule has 1 aliphatic carbocycles. The first-order valence-electron chi connectivity index (χ1n) is 11.4. The van der Waals surface area contributed by atoms with Gasteiger partial charge in [-0.3, -0.25) is 10.0 Å². The third-order valence-electron chi connectivity index (χ3n) is 5.43. The monoisotopic (exact) mass is 508 g/mol. The minimum absolute atomic E-state index is 0.00635. The highest BCUT2D eigenvalue weighted by Gasteiger charge is 2.25. The van der Waals surface area contributed by atoms with Crippen molar-refractivity contribution in [1.29, 1.82) is 0 Å². The van der Waals surface area contributed by atoms with Gasteiger partial charge >= 0.3 is 5.97 Å². The summed E-state index contributed by atoms with van der Waals surface area (Å²) >= 11 is 0. The molecule has 192 valence electrons. The Hall–Kier alpha value is -3.02. The maximum absolute atomic E-state index is 11.6. The van der Waals surface area contributed by atoms with Gasteiger partial charge in [-0.25, -0.2) is 13.2 Å². The van der Waals surface area contributed by atoms with Gasteiger partial charge in [-0.05, 0) is 68.5 Å². The van der Waals surface area contributed by atoms with Crippen LogP contribution < -0.4 is 19.5 Å². The summed E-state index contributed by atoms with van der Waals surface area (Å²) in [5.74, 6) is 0.189. The highest BCUT2D eigenvalue weighted by Crippen LogP contribution is 2.30. The van der Waals surface area contributed by atoms with Gasteiger partial charge in [-0.2, -0.15) is 0 Å². The number of sulfonamides is 1. The van der Waals surface area contributed by atoms with Crippen molar-refractivity contribution in [1.82, 2.24) is 5.32 Å². The zero-order chi connectivity index (χ0) is 25.6. The number of ether oxygens (including phenoxy) is 3. The quantitative estimate of drug-likeness (QED) is 0.203. The van der Waals surface area contributed by atoms with Crippen LogP contribution in [0.5, 0.6) is 17.2 Å². The number of fused-ring (bicyclic) bond motifs is 1. The fraction of sp³-hybridized carbons (Fsp3) is 0.458. The molecule has 0 aromatic heterocycles. The van der Waals surface area contributed by atoms with Crippen LogP contribution in [0.25, 0.3) is 0 Å². The van der Waals surface area contributed by atoms with E-state index in [4.69, 9.17) is 14.2 Å². The summed E-state index contributed by atoms with van der Waals surface area (Å²) in [6.45, 7) is 3.47. The van der Waals surface area contributed by atoms with Gasteiger partial charge in [0.2, 0.25) is 10.0 Å². The van der Waals surface area contributed by atoms with Crippen molar-refractivity contribution in [3.05, 3.63) is 47.5 Å². The van der Waals surface area contributed by atoms with E-state index >= 15 is 0 Å². The molecule has 0 aliphatic heterocycles. The van der Waals surface area contributed by atoms with E-state index in [1.165, 1.54) is 23.8 Å². The number of phenolic OH excluding ortho intramolecular Hbond substituents is 1. The Morgan fingerprint density at radius 3 is 2.60 bits per heavy atom. The summed E-state index contributed by atoms with van der Waals surface area (Å²) in [5, 5.41) is 23.6. The van der Waals surface area contributed by atoms with E-state index in [1.54, 1.807) is 13.8 Å². The third-order valence-corrected chi connectivity index (χ3v) is 6.02. The van der Waals surface area contributed by atoms with E-state index in [9.17, 15) is 23.4 Å². The number of anilines is 1. The lowest BCUT2D eigenvalue weighted by Crippen LogP contribution is -2.49. The normalized spacial score (nSPS) is 17.1. The fourth-order valence-electron chi connectivity index (χ4n) is 3.83. The topological polar surface area (TPSA) is 143 Å². The average Bonchev–Trinajstić information content (AvgIpc) is 2.78. The van der Waals surface area contributed by atoms with Crippen molar-refractivity contribution < 1.29 is 37.6 Å². The number of aryl methyl sites for hydroxylation is 1. The van der Waals surface area contributed by atoms with Crippen LogP contribution in [0.3, 0.4) is 0 Å². The number of hydrogen-bond acceptors (Lipinski definition) is 9. The summed E-state index contributed by atoms with van der Waals surface area (Å²) in [7, 11) is -3.59. The van der Waals surface area contributed by atoms with Gasteiger partial charge in [0.25, 0.3) is 0 Å². The lowest BCUT2D eigenvalue weighted by atomic mass is 9.88. The molecule has 3 unspecified atom stereocenters. The molecule has 0 fully saturated rings. The number of benzene rings is 2. The number of hydrogen-bond donors (Lipinski definition) is 4. The molecule has 4 N–H and O–H groups in total. The highest BCUT2D eigenvalue weighted by molar-refractivity contribution is 7.92. The molecule has 1 aliphatic rings. The molecule has 11 heteroatoms. The van der Waals surface area contributed by atoms with Crippen molar-refractivity contribution in [2.45, 2.75) is 51.5 Å². The van der Waals surface area contributed by atoms with E-state index in [1.807, 2.05) is 18.2 Å². The molecule has 35 heavy (non-hydrogen) atoms. The first-order chi connectivity index (χ1) is 16.5. The highest BCUT2D eigenvalue weighted by atomic mass is 32.2. The van der Waals surface area contributed by atoms with Crippen molar-refractivity contribution in [3.8, 4) is 17.2 Å². The van der Waals surface area contributed by atoms with Gasteiger partial charge in [0.1, 0.15) is 23.4 Å². The molecule has 0 saturated carbocycles. The van der Waals surface area contributed by atoms with Gasteiger partial charge in [0.15, 0.2) is 12.8 Å². The molecule has 0 amide bonds. The van der Waals surface area contributed by atoms with Crippen LogP contribution in [0.2, 0.25) is 0 Å². The van der Waals surface area contributed by atoms with Crippen LogP contribution >= 0.6 is 0 Å².